The van der Waals surface area contributed by atoms with Crippen LogP contribution in [-0.4, -0.2) is 27.4 Å². The number of rotatable bonds is 5. The third kappa shape index (κ3) is 3.67. The zero-order chi connectivity index (χ0) is 17.3. The highest BCUT2D eigenvalue weighted by Gasteiger charge is 2.32. The second-order valence-corrected chi connectivity index (χ2v) is 7.44. The van der Waals surface area contributed by atoms with Crippen LogP contribution in [-0.2, 0) is 12.0 Å². The van der Waals surface area contributed by atoms with Gasteiger partial charge in [0.25, 0.3) is 5.91 Å². The fourth-order valence-electron chi connectivity index (χ4n) is 2.79. The van der Waals surface area contributed by atoms with Crippen LogP contribution < -0.4 is 5.32 Å². The zero-order valence-electron chi connectivity index (χ0n) is 14.5. The van der Waals surface area contributed by atoms with Crippen LogP contribution >= 0.6 is 0 Å². The number of benzene rings is 1. The molecule has 0 bridgehead atoms. The number of aromatic nitrogens is 2. The Morgan fingerprint density at radius 3 is 2.50 bits per heavy atom. The fourth-order valence-corrected chi connectivity index (χ4v) is 2.79. The topological polar surface area (TPSA) is 67.2 Å². The second-order valence-electron chi connectivity index (χ2n) is 7.44. The standard InChI is InChI=1S/C19H25N3O2/c1-19(2,3)22-17(14-6-7-14)12-16(21-22)18(24)20-15-8-4-13(5-9-15)10-11-23/h4-5,8-9,12,14,23H,6-7,10-11H2,1-3H3,(H,20,24). The number of anilines is 1. The Morgan fingerprint density at radius 1 is 1.29 bits per heavy atom. The van der Waals surface area contributed by atoms with Gasteiger partial charge in [0.1, 0.15) is 0 Å². The maximum absolute atomic E-state index is 12.5. The molecule has 0 spiro atoms. The highest BCUT2D eigenvalue weighted by Crippen LogP contribution is 2.41. The Kier molecular flexibility index (Phi) is 4.45. The molecule has 2 aromatic rings. The summed E-state index contributed by atoms with van der Waals surface area (Å²) in [5, 5.41) is 16.4. The third-order valence-corrected chi connectivity index (χ3v) is 4.21. The normalized spacial score (nSPS) is 14.7. The van der Waals surface area contributed by atoms with E-state index in [4.69, 9.17) is 5.11 Å². The molecule has 128 valence electrons. The molecule has 1 aromatic carbocycles. The van der Waals surface area contributed by atoms with Gasteiger partial charge in [-0.25, -0.2) is 0 Å². The number of carbonyl (C=O) groups is 1. The Bertz CT molecular complexity index is 722. The van der Waals surface area contributed by atoms with E-state index >= 15 is 0 Å². The minimum atomic E-state index is -0.185. The van der Waals surface area contributed by atoms with Gasteiger partial charge in [-0.2, -0.15) is 5.10 Å². The number of nitrogens with one attached hydrogen (secondary N) is 1. The van der Waals surface area contributed by atoms with Crippen LogP contribution in [0, 0.1) is 0 Å². The van der Waals surface area contributed by atoms with E-state index in [1.807, 2.05) is 35.0 Å². The van der Waals surface area contributed by atoms with Crippen LogP contribution in [0.25, 0.3) is 0 Å². The molecule has 0 unspecified atom stereocenters. The van der Waals surface area contributed by atoms with Crippen LogP contribution in [0.15, 0.2) is 30.3 Å². The molecule has 1 aliphatic carbocycles. The van der Waals surface area contributed by atoms with Crippen LogP contribution in [0.1, 0.15) is 61.3 Å². The van der Waals surface area contributed by atoms with Gasteiger partial charge in [0, 0.05) is 23.9 Å². The first-order valence-corrected chi connectivity index (χ1v) is 8.50. The van der Waals surface area contributed by atoms with Crippen molar-refractivity contribution in [2.24, 2.45) is 0 Å². The zero-order valence-corrected chi connectivity index (χ0v) is 14.5. The summed E-state index contributed by atoms with van der Waals surface area (Å²) >= 11 is 0. The minimum absolute atomic E-state index is 0.125. The van der Waals surface area contributed by atoms with Gasteiger partial charge in [-0.05, 0) is 63.8 Å². The SMILES string of the molecule is CC(C)(C)n1nc(C(=O)Nc2ccc(CCO)cc2)cc1C1CC1. The van der Waals surface area contributed by atoms with Crippen molar-refractivity contribution < 1.29 is 9.90 Å². The summed E-state index contributed by atoms with van der Waals surface area (Å²) in [6.07, 6.45) is 2.97. The van der Waals surface area contributed by atoms with E-state index < -0.39 is 0 Å². The van der Waals surface area contributed by atoms with Crippen LogP contribution in [0.5, 0.6) is 0 Å². The maximum atomic E-state index is 12.5. The lowest BCUT2D eigenvalue weighted by Crippen LogP contribution is -2.25. The molecule has 1 fully saturated rings. The summed E-state index contributed by atoms with van der Waals surface area (Å²) in [5.74, 6) is 0.353. The summed E-state index contributed by atoms with van der Waals surface area (Å²) in [6, 6.07) is 9.46. The van der Waals surface area contributed by atoms with Crippen molar-refractivity contribution in [2.45, 2.75) is 51.5 Å². The predicted octanol–water partition coefficient (Wildman–Crippen LogP) is 3.30. The molecule has 24 heavy (non-hydrogen) atoms. The molecule has 1 saturated carbocycles. The molecular weight excluding hydrogens is 302 g/mol. The molecule has 1 amide bonds. The molecule has 2 N–H and O–H groups in total. The lowest BCUT2D eigenvalue weighted by molar-refractivity contribution is 0.102. The first-order valence-electron chi connectivity index (χ1n) is 8.50. The monoisotopic (exact) mass is 327 g/mol. The smallest absolute Gasteiger partial charge is 0.276 e. The van der Waals surface area contributed by atoms with Gasteiger partial charge >= 0.3 is 0 Å². The van der Waals surface area contributed by atoms with Gasteiger partial charge in [0.15, 0.2) is 5.69 Å². The summed E-state index contributed by atoms with van der Waals surface area (Å²) in [6.45, 7) is 6.44. The number of hydrogen-bond acceptors (Lipinski definition) is 3. The van der Waals surface area contributed by atoms with E-state index in [1.54, 1.807) is 0 Å². The number of carbonyl (C=O) groups excluding carboxylic acids is 1. The molecule has 0 atom stereocenters. The quantitative estimate of drug-likeness (QED) is 0.885. The minimum Gasteiger partial charge on any atom is -0.396 e. The average molecular weight is 327 g/mol. The first kappa shape index (κ1) is 16.7. The number of amides is 1. The average Bonchev–Trinajstić information content (AvgIpc) is 3.26. The van der Waals surface area contributed by atoms with E-state index in [0.29, 0.717) is 18.0 Å². The summed E-state index contributed by atoms with van der Waals surface area (Å²) < 4.78 is 1.99. The number of aliphatic hydroxyl groups excluding tert-OH is 1. The lowest BCUT2D eigenvalue weighted by atomic mass is 10.1. The van der Waals surface area contributed by atoms with Crippen molar-refractivity contribution in [3.05, 3.63) is 47.3 Å². The summed E-state index contributed by atoms with van der Waals surface area (Å²) in [5.41, 5.74) is 3.27. The summed E-state index contributed by atoms with van der Waals surface area (Å²) in [7, 11) is 0. The molecule has 1 aliphatic rings. The Balaban J connectivity index is 1.77. The van der Waals surface area contributed by atoms with Crippen LogP contribution in [0.2, 0.25) is 0 Å². The molecule has 0 saturated heterocycles. The molecule has 5 nitrogen and oxygen atoms in total. The number of nitrogens with zero attached hydrogens (tertiary/aromatic N) is 2. The lowest BCUT2D eigenvalue weighted by Gasteiger charge is -2.22. The highest BCUT2D eigenvalue weighted by atomic mass is 16.3. The van der Waals surface area contributed by atoms with Crippen LogP contribution in [0.4, 0.5) is 5.69 Å². The van der Waals surface area contributed by atoms with Gasteiger partial charge in [-0.3, -0.25) is 9.48 Å². The van der Waals surface area contributed by atoms with Crippen molar-refractivity contribution in [1.82, 2.24) is 9.78 Å². The van der Waals surface area contributed by atoms with E-state index in [1.165, 1.54) is 12.8 Å². The van der Waals surface area contributed by atoms with E-state index in [9.17, 15) is 4.79 Å². The molecule has 3 rings (SSSR count). The molecule has 0 radical (unpaired) electrons. The van der Waals surface area contributed by atoms with E-state index in [0.717, 1.165) is 16.9 Å². The maximum Gasteiger partial charge on any atom is 0.276 e. The molecule has 1 heterocycles. The first-order chi connectivity index (χ1) is 11.4. The largest absolute Gasteiger partial charge is 0.396 e. The molecule has 1 aromatic heterocycles. The Labute approximate surface area is 142 Å². The summed E-state index contributed by atoms with van der Waals surface area (Å²) in [4.78, 5) is 12.5. The highest BCUT2D eigenvalue weighted by molar-refractivity contribution is 6.02. The molecular formula is C19H25N3O2. The van der Waals surface area contributed by atoms with Gasteiger partial charge in [0.05, 0.1) is 5.54 Å². The van der Waals surface area contributed by atoms with E-state index in [-0.39, 0.29) is 18.1 Å². The van der Waals surface area contributed by atoms with Crippen molar-refractivity contribution in [3.8, 4) is 0 Å². The number of hydrogen-bond donors (Lipinski definition) is 2. The molecule has 5 heteroatoms. The molecule has 0 aliphatic heterocycles. The van der Waals surface area contributed by atoms with Gasteiger partial charge < -0.3 is 10.4 Å². The van der Waals surface area contributed by atoms with E-state index in [2.05, 4.69) is 31.2 Å². The van der Waals surface area contributed by atoms with Gasteiger partial charge in [-0.1, -0.05) is 12.1 Å². The fraction of sp³-hybridized carbons (Fsp3) is 0.474. The van der Waals surface area contributed by atoms with Crippen molar-refractivity contribution >= 4 is 11.6 Å². The Hall–Kier alpha value is -2.14. The van der Waals surface area contributed by atoms with Gasteiger partial charge in [-0.15, -0.1) is 0 Å². The third-order valence-electron chi connectivity index (χ3n) is 4.21. The number of aliphatic hydroxyl groups is 1. The van der Waals surface area contributed by atoms with Crippen molar-refractivity contribution in [1.29, 1.82) is 0 Å². The van der Waals surface area contributed by atoms with Crippen molar-refractivity contribution in [3.63, 3.8) is 0 Å². The van der Waals surface area contributed by atoms with Gasteiger partial charge in [0.2, 0.25) is 0 Å². The second kappa shape index (κ2) is 6.40. The Morgan fingerprint density at radius 2 is 1.96 bits per heavy atom. The van der Waals surface area contributed by atoms with Crippen LogP contribution in [0.3, 0.4) is 0 Å². The van der Waals surface area contributed by atoms with Crippen molar-refractivity contribution in [2.75, 3.05) is 11.9 Å². The predicted molar refractivity (Wildman–Crippen MR) is 94.4 cm³/mol.